The number of unbranched alkanes of at least 4 members (excludes halogenated alkanes) is 35. The predicted octanol–water partition coefficient (Wildman–Crippen LogP) is 18.5. The Bertz CT molecular complexity index is 964. The maximum absolute atomic E-state index is 12.8. The minimum Gasteiger partial charge on any atom is -0.462 e. The Morgan fingerprint density at radius 3 is 0.905 bits per heavy atom. The molecule has 63 heavy (non-hydrogen) atoms. The van der Waals surface area contributed by atoms with Crippen LogP contribution in [0.5, 0.6) is 0 Å². The number of carbonyl (C=O) groups excluding carboxylic acids is 3. The highest BCUT2D eigenvalue weighted by Gasteiger charge is 2.19. The van der Waals surface area contributed by atoms with Crippen molar-refractivity contribution in [3.8, 4) is 0 Å². The Hall–Kier alpha value is -1.59. The third kappa shape index (κ3) is 49.7. The molecule has 0 saturated heterocycles. The van der Waals surface area contributed by atoms with Crippen molar-refractivity contribution in [3.63, 3.8) is 0 Å². The van der Waals surface area contributed by atoms with Crippen molar-refractivity contribution >= 4 is 17.9 Å². The normalized spacial score (nSPS) is 12.5. The quantitative estimate of drug-likeness (QED) is 0.0344. The summed E-state index contributed by atoms with van der Waals surface area (Å²) in [6.45, 7) is 11.4. The van der Waals surface area contributed by atoms with E-state index in [9.17, 15) is 14.4 Å². The summed E-state index contributed by atoms with van der Waals surface area (Å²) in [5.41, 5.74) is 0. The standard InChI is InChI=1S/C57H110O6/c1-6-8-9-10-11-12-13-14-15-16-20-23-26-32-37-42-47-55(58)61-50-54(63-57(60)49-44-39-34-29-28-31-36-41-46-53(5)7-2)51-62-56(59)48-43-38-33-27-24-21-18-17-19-22-25-30-35-40-45-52(3)4/h52-54H,6-51H2,1-5H3/t53?,54-/m0/s1. The first-order chi connectivity index (χ1) is 30.8. The van der Waals surface area contributed by atoms with Gasteiger partial charge in [0.2, 0.25) is 0 Å². The highest BCUT2D eigenvalue weighted by Crippen LogP contribution is 2.18. The van der Waals surface area contributed by atoms with Crippen LogP contribution < -0.4 is 0 Å². The second-order valence-electron chi connectivity index (χ2n) is 20.3. The molecule has 0 aromatic carbocycles. The third-order valence-corrected chi connectivity index (χ3v) is 13.3. The van der Waals surface area contributed by atoms with E-state index in [1.165, 1.54) is 205 Å². The zero-order valence-corrected chi connectivity index (χ0v) is 43.2. The fourth-order valence-corrected chi connectivity index (χ4v) is 8.66. The number of esters is 3. The fraction of sp³-hybridized carbons (Fsp3) is 0.947. The molecule has 0 N–H and O–H groups in total. The molecule has 0 aliphatic carbocycles. The highest BCUT2D eigenvalue weighted by atomic mass is 16.6. The van der Waals surface area contributed by atoms with Crippen molar-refractivity contribution < 1.29 is 28.6 Å². The van der Waals surface area contributed by atoms with Gasteiger partial charge in [-0.05, 0) is 31.1 Å². The Balaban J connectivity index is 4.28. The van der Waals surface area contributed by atoms with Gasteiger partial charge >= 0.3 is 17.9 Å². The van der Waals surface area contributed by atoms with E-state index in [0.29, 0.717) is 19.3 Å². The molecule has 6 heteroatoms. The van der Waals surface area contributed by atoms with Gasteiger partial charge in [0.25, 0.3) is 0 Å². The molecule has 6 nitrogen and oxygen atoms in total. The number of hydrogen-bond acceptors (Lipinski definition) is 6. The molecule has 0 saturated carbocycles. The van der Waals surface area contributed by atoms with Crippen molar-refractivity contribution in [1.29, 1.82) is 0 Å². The van der Waals surface area contributed by atoms with Crippen LogP contribution in [0.25, 0.3) is 0 Å². The molecule has 0 heterocycles. The van der Waals surface area contributed by atoms with Crippen molar-refractivity contribution in [3.05, 3.63) is 0 Å². The topological polar surface area (TPSA) is 78.9 Å². The lowest BCUT2D eigenvalue weighted by Crippen LogP contribution is -2.30. The van der Waals surface area contributed by atoms with Gasteiger partial charge < -0.3 is 14.2 Å². The molecule has 0 amide bonds. The smallest absolute Gasteiger partial charge is 0.306 e. The van der Waals surface area contributed by atoms with E-state index in [2.05, 4.69) is 34.6 Å². The van der Waals surface area contributed by atoms with Gasteiger partial charge in [-0.2, -0.15) is 0 Å². The van der Waals surface area contributed by atoms with Gasteiger partial charge in [0.15, 0.2) is 6.10 Å². The minimum absolute atomic E-state index is 0.0633. The van der Waals surface area contributed by atoms with Crippen LogP contribution in [0.4, 0.5) is 0 Å². The van der Waals surface area contributed by atoms with Crippen molar-refractivity contribution in [2.24, 2.45) is 11.8 Å². The molecule has 0 fully saturated rings. The Labute approximate surface area is 393 Å². The second kappa shape index (κ2) is 49.8. The summed E-state index contributed by atoms with van der Waals surface area (Å²) in [6, 6.07) is 0. The van der Waals surface area contributed by atoms with Gasteiger partial charge in [-0.3, -0.25) is 14.4 Å². The van der Waals surface area contributed by atoms with Gasteiger partial charge in [0, 0.05) is 19.3 Å². The Kier molecular flexibility index (Phi) is 48.6. The molecule has 0 aromatic rings. The van der Waals surface area contributed by atoms with Crippen LogP contribution in [0, 0.1) is 11.8 Å². The first-order valence-corrected chi connectivity index (χ1v) is 28.3. The summed E-state index contributed by atoms with van der Waals surface area (Å²) in [4.78, 5) is 38.1. The van der Waals surface area contributed by atoms with E-state index >= 15 is 0 Å². The van der Waals surface area contributed by atoms with Crippen LogP contribution in [0.15, 0.2) is 0 Å². The van der Waals surface area contributed by atoms with E-state index < -0.39 is 6.10 Å². The molecule has 0 aliphatic heterocycles. The van der Waals surface area contributed by atoms with E-state index in [1.807, 2.05) is 0 Å². The van der Waals surface area contributed by atoms with Crippen LogP contribution in [0.2, 0.25) is 0 Å². The number of hydrogen-bond donors (Lipinski definition) is 0. The Morgan fingerprint density at radius 2 is 0.603 bits per heavy atom. The minimum atomic E-state index is -0.763. The highest BCUT2D eigenvalue weighted by molar-refractivity contribution is 5.71. The van der Waals surface area contributed by atoms with Crippen LogP contribution in [-0.2, 0) is 28.6 Å². The zero-order valence-electron chi connectivity index (χ0n) is 43.2. The molecule has 1 unspecified atom stereocenters. The zero-order chi connectivity index (χ0) is 46.1. The molecule has 0 radical (unpaired) electrons. The predicted molar refractivity (Wildman–Crippen MR) is 270 cm³/mol. The Morgan fingerprint density at radius 1 is 0.333 bits per heavy atom. The summed E-state index contributed by atoms with van der Waals surface area (Å²) in [7, 11) is 0. The van der Waals surface area contributed by atoms with Crippen LogP contribution in [-0.4, -0.2) is 37.2 Å². The molecular weight excluding hydrogens is 781 g/mol. The largest absolute Gasteiger partial charge is 0.462 e. The fourth-order valence-electron chi connectivity index (χ4n) is 8.66. The van der Waals surface area contributed by atoms with Gasteiger partial charge in [0.05, 0.1) is 0 Å². The summed E-state index contributed by atoms with van der Waals surface area (Å²) >= 11 is 0. The van der Waals surface area contributed by atoms with Crippen molar-refractivity contribution in [1.82, 2.24) is 0 Å². The summed E-state index contributed by atoms with van der Waals surface area (Å²) < 4.78 is 16.9. The van der Waals surface area contributed by atoms with E-state index in [0.717, 1.165) is 69.6 Å². The molecule has 0 spiro atoms. The molecule has 374 valence electrons. The number of carbonyl (C=O) groups is 3. The molecule has 0 aliphatic rings. The lowest BCUT2D eigenvalue weighted by molar-refractivity contribution is -0.167. The maximum Gasteiger partial charge on any atom is 0.306 e. The lowest BCUT2D eigenvalue weighted by atomic mass is 9.99. The van der Waals surface area contributed by atoms with Gasteiger partial charge in [-0.15, -0.1) is 0 Å². The van der Waals surface area contributed by atoms with Gasteiger partial charge in [0.1, 0.15) is 13.2 Å². The molecular formula is C57H110O6. The first-order valence-electron chi connectivity index (χ1n) is 28.3. The molecule has 0 rings (SSSR count). The van der Waals surface area contributed by atoms with Crippen LogP contribution in [0.3, 0.4) is 0 Å². The maximum atomic E-state index is 12.8. The SMILES string of the molecule is CCCCCCCCCCCCCCCCCCC(=O)OC[C@@H](COC(=O)CCCCCCCCCCCCCCCCC(C)C)OC(=O)CCCCCCCCCCC(C)CC. The second-order valence-corrected chi connectivity index (χ2v) is 20.3. The van der Waals surface area contributed by atoms with Crippen LogP contribution in [0.1, 0.15) is 317 Å². The van der Waals surface area contributed by atoms with Gasteiger partial charge in [-0.1, -0.05) is 279 Å². The van der Waals surface area contributed by atoms with E-state index in [-0.39, 0.29) is 31.1 Å². The monoisotopic (exact) mass is 891 g/mol. The van der Waals surface area contributed by atoms with Crippen molar-refractivity contribution in [2.45, 2.75) is 323 Å². The number of ether oxygens (including phenoxy) is 3. The van der Waals surface area contributed by atoms with Crippen molar-refractivity contribution in [2.75, 3.05) is 13.2 Å². The third-order valence-electron chi connectivity index (χ3n) is 13.3. The van der Waals surface area contributed by atoms with E-state index in [1.54, 1.807) is 0 Å². The summed E-state index contributed by atoms with van der Waals surface area (Å²) in [6.07, 6.45) is 52.3. The van der Waals surface area contributed by atoms with Gasteiger partial charge in [-0.25, -0.2) is 0 Å². The lowest BCUT2D eigenvalue weighted by Gasteiger charge is -2.18. The van der Waals surface area contributed by atoms with Crippen LogP contribution >= 0.6 is 0 Å². The van der Waals surface area contributed by atoms with E-state index in [4.69, 9.17) is 14.2 Å². The first kappa shape index (κ1) is 61.4. The summed E-state index contributed by atoms with van der Waals surface area (Å²) in [5.74, 6) is 0.847. The molecule has 2 atom stereocenters. The number of rotatable bonds is 51. The average Bonchev–Trinajstić information content (AvgIpc) is 3.27. The average molecular weight is 892 g/mol. The molecule has 0 bridgehead atoms. The molecule has 0 aromatic heterocycles. The summed E-state index contributed by atoms with van der Waals surface area (Å²) in [5, 5.41) is 0.